The van der Waals surface area contributed by atoms with Crippen LogP contribution in [0.1, 0.15) is 13.3 Å². The SMILES string of the molecule is CCO[C@H]1CN(CCC(=O)O)C[C@H]1O. The standard InChI is InChI=1S/C9H17NO4/c1-2-14-8-6-10(5-7(8)11)4-3-9(12)13/h7-8,11H,2-6H2,1H3,(H,12,13)/t7-,8+/m1/s1. The third-order valence-electron chi connectivity index (χ3n) is 2.34. The van der Waals surface area contributed by atoms with E-state index in [2.05, 4.69) is 0 Å². The van der Waals surface area contributed by atoms with Gasteiger partial charge >= 0.3 is 5.97 Å². The number of carbonyl (C=O) groups is 1. The number of likely N-dealkylation sites (tertiary alicyclic amines) is 1. The van der Waals surface area contributed by atoms with Crippen LogP contribution in [-0.4, -0.2) is 59.5 Å². The van der Waals surface area contributed by atoms with E-state index in [0.29, 0.717) is 26.2 Å². The Morgan fingerprint density at radius 3 is 2.86 bits per heavy atom. The van der Waals surface area contributed by atoms with Crippen LogP contribution in [0.25, 0.3) is 0 Å². The molecule has 1 aliphatic rings. The lowest BCUT2D eigenvalue weighted by atomic mass is 10.3. The second-order valence-electron chi connectivity index (χ2n) is 3.46. The normalized spacial score (nSPS) is 28.1. The summed E-state index contributed by atoms with van der Waals surface area (Å²) < 4.78 is 5.31. The minimum atomic E-state index is -0.806. The van der Waals surface area contributed by atoms with Gasteiger partial charge in [0.05, 0.1) is 18.6 Å². The zero-order valence-corrected chi connectivity index (χ0v) is 8.35. The minimum absolute atomic E-state index is 0.117. The fraction of sp³-hybridized carbons (Fsp3) is 0.889. The van der Waals surface area contributed by atoms with Crippen LogP contribution >= 0.6 is 0 Å². The molecule has 0 aliphatic carbocycles. The summed E-state index contributed by atoms with van der Waals surface area (Å²) >= 11 is 0. The third-order valence-corrected chi connectivity index (χ3v) is 2.34. The van der Waals surface area contributed by atoms with E-state index >= 15 is 0 Å². The van der Waals surface area contributed by atoms with E-state index in [0.717, 1.165) is 0 Å². The Kier molecular flexibility index (Phi) is 4.31. The Labute approximate surface area is 83.3 Å². The number of aliphatic hydroxyl groups excluding tert-OH is 1. The molecule has 2 N–H and O–H groups in total. The smallest absolute Gasteiger partial charge is 0.304 e. The highest BCUT2D eigenvalue weighted by Gasteiger charge is 2.31. The lowest BCUT2D eigenvalue weighted by Gasteiger charge is -2.13. The van der Waals surface area contributed by atoms with Gasteiger partial charge in [0.25, 0.3) is 0 Å². The number of hydrogen-bond donors (Lipinski definition) is 2. The Morgan fingerprint density at radius 2 is 2.29 bits per heavy atom. The van der Waals surface area contributed by atoms with Crippen LogP contribution in [0.15, 0.2) is 0 Å². The van der Waals surface area contributed by atoms with Crippen molar-refractivity contribution >= 4 is 5.97 Å². The van der Waals surface area contributed by atoms with Crippen molar-refractivity contribution < 1.29 is 19.7 Å². The zero-order valence-electron chi connectivity index (χ0n) is 8.35. The molecule has 0 aromatic rings. The van der Waals surface area contributed by atoms with Gasteiger partial charge in [-0.15, -0.1) is 0 Å². The summed E-state index contributed by atoms with van der Waals surface area (Å²) in [5, 5.41) is 18.0. The molecule has 1 saturated heterocycles. The number of rotatable bonds is 5. The predicted octanol–water partition coefficient (Wildman–Crippen LogP) is -0.457. The number of nitrogens with zero attached hydrogens (tertiary/aromatic N) is 1. The second-order valence-corrected chi connectivity index (χ2v) is 3.46. The van der Waals surface area contributed by atoms with Crippen LogP contribution in [0.4, 0.5) is 0 Å². The maximum Gasteiger partial charge on any atom is 0.304 e. The summed E-state index contributed by atoms with van der Waals surface area (Å²) in [6.45, 7) is 4.08. The first kappa shape index (κ1) is 11.4. The van der Waals surface area contributed by atoms with Crippen LogP contribution in [0.5, 0.6) is 0 Å². The van der Waals surface area contributed by atoms with E-state index in [1.807, 2.05) is 11.8 Å². The molecule has 1 rings (SSSR count). The van der Waals surface area contributed by atoms with Gasteiger partial charge in [-0.05, 0) is 6.92 Å². The summed E-state index contributed by atoms with van der Waals surface area (Å²) in [6.07, 6.45) is -0.525. The average molecular weight is 203 g/mol. The highest BCUT2D eigenvalue weighted by Crippen LogP contribution is 2.13. The van der Waals surface area contributed by atoms with E-state index < -0.39 is 12.1 Å². The third kappa shape index (κ3) is 3.25. The van der Waals surface area contributed by atoms with E-state index in [9.17, 15) is 9.90 Å². The van der Waals surface area contributed by atoms with Gasteiger partial charge in [-0.3, -0.25) is 9.69 Å². The summed E-state index contributed by atoms with van der Waals surface area (Å²) in [5.41, 5.74) is 0. The Hall–Kier alpha value is -0.650. The van der Waals surface area contributed by atoms with Crippen LogP contribution in [-0.2, 0) is 9.53 Å². The van der Waals surface area contributed by atoms with Gasteiger partial charge in [-0.1, -0.05) is 0 Å². The highest BCUT2D eigenvalue weighted by atomic mass is 16.5. The van der Waals surface area contributed by atoms with Gasteiger partial charge in [-0.25, -0.2) is 0 Å². The second kappa shape index (κ2) is 5.29. The van der Waals surface area contributed by atoms with Crippen molar-refractivity contribution in [2.24, 2.45) is 0 Å². The van der Waals surface area contributed by atoms with Gasteiger partial charge in [0.15, 0.2) is 0 Å². The fourth-order valence-electron chi connectivity index (χ4n) is 1.65. The van der Waals surface area contributed by atoms with Gasteiger partial charge in [0, 0.05) is 26.2 Å². The van der Waals surface area contributed by atoms with E-state index in [1.54, 1.807) is 0 Å². The highest BCUT2D eigenvalue weighted by molar-refractivity contribution is 5.66. The Balaban J connectivity index is 2.27. The maximum atomic E-state index is 10.3. The molecular weight excluding hydrogens is 186 g/mol. The molecule has 82 valence electrons. The Bertz CT molecular complexity index is 197. The largest absolute Gasteiger partial charge is 0.481 e. The summed E-state index contributed by atoms with van der Waals surface area (Å²) in [4.78, 5) is 12.2. The summed E-state index contributed by atoms with van der Waals surface area (Å²) in [6, 6.07) is 0. The molecule has 1 fully saturated rings. The fourth-order valence-corrected chi connectivity index (χ4v) is 1.65. The molecule has 0 aromatic carbocycles. The van der Waals surface area contributed by atoms with Gasteiger partial charge in [0.2, 0.25) is 0 Å². The topological polar surface area (TPSA) is 70.0 Å². The number of aliphatic carboxylic acids is 1. The number of hydrogen-bond acceptors (Lipinski definition) is 4. The van der Waals surface area contributed by atoms with Crippen molar-refractivity contribution in [1.82, 2.24) is 4.90 Å². The van der Waals surface area contributed by atoms with E-state index in [1.165, 1.54) is 0 Å². The molecular formula is C9H17NO4. The molecule has 1 heterocycles. The Morgan fingerprint density at radius 1 is 1.57 bits per heavy atom. The van der Waals surface area contributed by atoms with Gasteiger partial charge < -0.3 is 14.9 Å². The molecule has 0 saturated carbocycles. The molecule has 0 aromatic heterocycles. The molecule has 0 spiro atoms. The summed E-state index contributed by atoms with van der Waals surface area (Å²) in [7, 11) is 0. The van der Waals surface area contributed by atoms with E-state index in [4.69, 9.17) is 9.84 Å². The van der Waals surface area contributed by atoms with Crippen molar-refractivity contribution in [1.29, 1.82) is 0 Å². The zero-order chi connectivity index (χ0) is 10.6. The van der Waals surface area contributed by atoms with Crippen molar-refractivity contribution in [2.45, 2.75) is 25.6 Å². The molecule has 14 heavy (non-hydrogen) atoms. The molecule has 0 bridgehead atoms. The number of carboxylic acid groups (broad SMARTS) is 1. The van der Waals surface area contributed by atoms with Crippen molar-refractivity contribution in [2.75, 3.05) is 26.2 Å². The average Bonchev–Trinajstić information content (AvgIpc) is 2.45. The number of aliphatic hydroxyl groups is 1. The van der Waals surface area contributed by atoms with Gasteiger partial charge in [0.1, 0.15) is 0 Å². The lowest BCUT2D eigenvalue weighted by Crippen LogP contribution is -2.27. The predicted molar refractivity (Wildman–Crippen MR) is 50.1 cm³/mol. The van der Waals surface area contributed by atoms with Crippen LogP contribution in [0.3, 0.4) is 0 Å². The van der Waals surface area contributed by atoms with Gasteiger partial charge in [-0.2, -0.15) is 0 Å². The number of carboxylic acids is 1. The number of β-amino-alcohol motifs (C(OH)–C–C–N with tert-alkyl or cyclic N) is 1. The van der Waals surface area contributed by atoms with Crippen molar-refractivity contribution in [3.63, 3.8) is 0 Å². The molecule has 0 radical (unpaired) electrons. The lowest BCUT2D eigenvalue weighted by molar-refractivity contribution is -0.137. The molecule has 0 unspecified atom stereocenters. The quantitative estimate of drug-likeness (QED) is 0.633. The molecule has 1 aliphatic heterocycles. The minimum Gasteiger partial charge on any atom is -0.481 e. The van der Waals surface area contributed by atoms with Crippen molar-refractivity contribution in [3.8, 4) is 0 Å². The first-order valence-corrected chi connectivity index (χ1v) is 4.87. The monoisotopic (exact) mass is 203 g/mol. The molecule has 2 atom stereocenters. The molecule has 0 amide bonds. The first-order valence-electron chi connectivity index (χ1n) is 4.87. The molecule has 5 heteroatoms. The maximum absolute atomic E-state index is 10.3. The van der Waals surface area contributed by atoms with Crippen LogP contribution in [0.2, 0.25) is 0 Å². The first-order chi connectivity index (χ1) is 6.63. The number of ether oxygens (including phenoxy) is 1. The van der Waals surface area contributed by atoms with Crippen LogP contribution < -0.4 is 0 Å². The van der Waals surface area contributed by atoms with Crippen LogP contribution in [0, 0.1) is 0 Å². The summed E-state index contributed by atoms with van der Waals surface area (Å²) in [5.74, 6) is -0.806. The van der Waals surface area contributed by atoms with Crippen molar-refractivity contribution in [3.05, 3.63) is 0 Å². The van der Waals surface area contributed by atoms with E-state index in [-0.39, 0.29) is 12.5 Å². The molecule has 5 nitrogen and oxygen atoms in total.